The van der Waals surface area contributed by atoms with Gasteiger partial charge in [0.15, 0.2) is 0 Å². The maximum absolute atomic E-state index is 11.6. The first-order valence-corrected chi connectivity index (χ1v) is 6.72. The Kier molecular flexibility index (Phi) is 4.99. The van der Waals surface area contributed by atoms with E-state index < -0.39 is 6.10 Å². The molecular formula is C14H26O3. The molecule has 0 amide bonds. The van der Waals surface area contributed by atoms with Gasteiger partial charge in [-0.05, 0) is 51.4 Å². The van der Waals surface area contributed by atoms with Gasteiger partial charge < -0.3 is 9.84 Å². The minimum Gasteiger partial charge on any atom is -0.459 e. The monoisotopic (exact) mass is 242 g/mol. The van der Waals surface area contributed by atoms with Crippen LogP contribution in [0, 0.1) is 11.8 Å². The minimum atomic E-state index is -0.613. The van der Waals surface area contributed by atoms with Crippen LogP contribution in [0.25, 0.3) is 0 Å². The summed E-state index contributed by atoms with van der Waals surface area (Å²) in [6, 6.07) is 0. The van der Waals surface area contributed by atoms with Crippen molar-refractivity contribution >= 4 is 5.97 Å². The van der Waals surface area contributed by atoms with Crippen LogP contribution in [0.5, 0.6) is 0 Å². The molecule has 1 fully saturated rings. The van der Waals surface area contributed by atoms with Crippen molar-refractivity contribution < 1.29 is 14.6 Å². The van der Waals surface area contributed by atoms with Crippen molar-refractivity contribution in [2.45, 2.75) is 71.5 Å². The van der Waals surface area contributed by atoms with Crippen LogP contribution < -0.4 is 0 Å². The Hall–Kier alpha value is -0.570. The second kappa shape index (κ2) is 5.85. The smallest absolute Gasteiger partial charge is 0.308 e. The van der Waals surface area contributed by atoms with Crippen LogP contribution in [0.15, 0.2) is 0 Å². The lowest BCUT2D eigenvalue weighted by molar-refractivity contribution is -0.164. The van der Waals surface area contributed by atoms with Crippen molar-refractivity contribution in [1.29, 1.82) is 0 Å². The summed E-state index contributed by atoms with van der Waals surface area (Å²) in [7, 11) is 0. The van der Waals surface area contributed by atoms with Crippen LogP contribution in [-0.4, -0.2) is 22.8 Å². The molecule has 0 spiro atoms. The highest BCUT2D eigenvalue weighted by Crippen LogP contribution is 2.37. The van der Waals surface area contributed by atoms with Crippen LogP contribution in [0.3, 0.4) is 0 Å². The van der Waals surface area contributed by atoms with E-state index in [0.717, 1.165) is 31.6 Å². The Morgan fingerprint density at radius 2 is 1.88 bits per heavy atom. The number of carbonyl (C=O) groups excluding carboxylic acids is 1. The van der Waals surface area contributed by atoms with E-state index in [4.69, 9.17) is 9.84 Å². The van der Waals surface area contributed by atoms with Gasteiger partial charge in [-0.3, -0.25) is 4.79 Å². The van der Waals surface area contributed by atoms with Crippen molar-refractivity contribution in [2.75, 3.05) is 0 Å². The molecule has 0 radical (unpaired) electrons. The molecule has 0 aromatic carbocycles. The molecule has 1 N–H and O–H groups in total. The first-order chi connectivity index (χ1) is 7.82. The third-order valence-corrected chi connectivity index (χ3v) is 3.85. The summed E-state index contributed by atoms with van der Waals surface area (Å²) in [5.41, 5.74) is -0.308. The Bertz CT molecular complexity index is 250. The van der Waals surface area contributed by atoms with E-state index in [9.17, 15) is 4.79 Å². The van der Waals surface area contributed by atoms with E-state index in [-0.39, 0.29) is 18.0 Å². The highest BCUT2D eigenvalue weighted by atomic mass is 16.6. The second-order valence-corrected chi connectivity index (χ2v) is 6.06. The molecule has 3 heteroatoms. The zero-order valence-corrected chi connectivity index (χ0v) is 11.5. The molecule has 1 atom stereocenters. The molecule has 1 aliphatic carbocycles. The van der Waals surface area contributed by atoms with Crippen LogP contribution in [0.2, 0.25) is 0 Å². The van der Waals surface area contributed by atoms with E-state index in [1.807, 2.05) is 6.92 Å². The molecular weight excluding hydrogens is 216 g/mol. The number of ether oxygens (including phenoxy) is 1. The zero-order valence-electron chi connectivity index (χ0n) is 11.5. The van der Waals surface area contributed by atoms with Gasteiger partial charge in [0, 0.05) is 0 Å². The molecule has 17 heavy (non-hydrogen) atoms. The molecule has 1 saturated carbocycles. The normalized spacial score (nSPS) is 31.3. The lowest BCUT2D eigenvalue weighted by atomic mass is 9.75. The molecule has 0 heterocycles. The predicted octanol–water partition coefficient (Wildman–Crippen LogP) is 2.91. The van der Waals surface area contributed by atoms with Crippen molar-refractivity contribution in [3.05, 3.63) is 0 Å². The van der Waals surface area contributed by atoms with Gasteiger partial charge >= 0.3 is 5.97 Å². The second-order valence-electron chi connectivity index (χ2n) is 6.06. The van der Waals surface area contributed by atoms with Crippen molar-refractivity contribution in [3.8, 4) is 0 Å². The van der Waals surface area contributed by atoms with Crippen molar-refractivity contribution in [3.63, 3.8) is 0 Å². The van der Waals surface area contributed by atoms with Gasteiger partial charge in [-0.2, -0.15) is 0 Å². The Balaban J connectivity index is 2.41. The van der Waals surface area contributed by atoms with Crippen LogP contribution >= 0.6 is 0 Å². The fourth-order valence-corrected chi connectivity index (χ4v) is 2.58. The maximum atomic E-state index is 11.6. The summed E-state index contributed by atoms with van der Waals surface area (Å²) in [5.74, 6) is 1.21. The molecule has 1 rings (SSSR count). The summed E-state index contributed by atoms with van der Waals surface area (Å²) in [4.78, 5) is 11.6. The third-order valence-electron chi connectivity index (χ3n) is 3.85. The minimum absolute atomic E-state index is 0.100. The van der Waals surface area contributed by atoms with Crippen LogP contribution in [0.1, 0.15) is 59.8 Å². The topological polar surface area (TPSA) is 46.5 Å². The number of aliphatic hydroxyl groups is 1. The van der Waals surface area contributed by atoms with Crippen LogP contribution in [-0.2, 0) is 9.53 Å². The predicted molar refractivity (Wildman–Crippen MR) is 67.6 cm³/mol. The molecule has 0 unspecified atom stereocenters. The first kappa shape index (κ1) is 14.5. The molecule has 100 valence electrons. The average Bonchev–Trinajstić information content (AvgIpc) is 2.15. The Morgan fingerprint density at radius 3 is 2.29 bits per heavy atom. The molecule has 3 nitrogen and oxygen atoms in total. The molecule has 0 bridgehead atoms. The number of carbonyl (C=O) groups is 1. The lowest BCUT2D eigenvalue weighted by Crippen LogP contribution is -2.37. The Labute approximate surface area is 105 Å². The van der Waals surface area contributed by atoms with Gasteiger partial charge in [-0.1, -0.05) is 13.8 Å². The fourth-order valence-electron chi connectivity index (χ4n) is 2.58. The number of hydrogen-bond donors (Lipinski definition) is 1. The highest BCUT2D eigenvalue weighted by Gasteiger charge is 2.35. The van der Waals surface area contributed by atoms with Crippen LogP contribution in [0.4, 0.5) is 0 Å². The molecule has 0 aliphatic heterocycles. The van der Waals surface area contributed by atoms with Gasteiger partial charge in [-0.15, -0.1) is 0 Å². The summed E-state index contributed by atoms with van der Waals surface area (Å²) in [6.45, 7) is 8.14. The van der Waals surface area contributed by atoms with E-state index in [1.54, 1.807) is 6.92 Å². The quantitative estimate of drug-likeness (QED) is 0.771. The molecule has 0 saturated heterocycles. The maximum Gasteiger partial charge on any atom is 0.308 e. The Morgan fingerprint density at radius 1 is 1.35 bits per heavy atom. The fraction of sp³-hybridized carbons (Fsp3) is 0.929. The van der Waals surface area contributed by atoms with E-state index in [0.29, 0.717) is 5.92 Å². The molecule has 0 aromatic rings. The summed E-state index contributed by atoms with van der Waals surface area (Å²) >= 11 is 0. The molecule has 0 aromatic heterocycles. The number of aliphatic hydroxyl groups excluding tert-OH is 1. The van der Waals surface area contributed by atoms with E-state index in [2.05, 4.69) is 13.8 Å². The van der Waals surface area contributed by atoms with Gasteiger partial charge in [0.25, 0.3) is 0 Å². The van der Waals surface area contributed by atoms with Crippen molar-refractivity contribution in [1.82, 2.24) is 0 Å². The highest BCUT2D eigenvalue weighted by molar-refractivity contribution is 5.70. The zero-order chi connectivity index (χ0) is 13.1. The summed E-state index contributed by atoms with van der Waals surface area (Å²) < 4.78 is 5.52. The van der Waals surface area contributed by atoms with E-state index >= 15 is 0 Å². The lowest BCUT2D eigenvalue weighted by Gasteiger charge is -2.38. The van der Waals surface area contributed by atoms with Gasteiger partial charge in [0.1, 0.15) is 5.60 Å². The number of hydrogen-bond acceptors (Lipinski definition) is 3. The summed E-state index contributed by atoms with van der Waals surface area (Å²) in [5, 5.41) is 9.15. The first-order valence-electron chi connectivity index (χ1n) is 6.72. The SMILES string of the molecule is CC(C)C1CCC(C)(OC(=O)C[C@H](C)O)CC1. The van der Waals surface area contributed by atoms with Crippen molar-refractivity contribution in [2.24, 2.45) is 11.8 Å². The van der Waals surface area contributed by atoms with Gasteiger partial charge in [0.05, 0.1) is 12.5 Å². The molecule has 1 aliphatic rings. The van der Waals surface area contributed by atoms with Gasteiger partial charge in [0.2, 0.25) is 0 Å². The number of rotatable bonds is 4. The van der Waals surface area contributed by atoms with Gasteiger partial charge in [-0.25, -0.2) is 0 Å². The largest absolute Gasteiger partial charge is 0.459 e. The number of esters is 1. The standard InChI is InChI=1S/C14H26O3/c1-10(2)12-5-7-14(4,8-6-12)17-13(16)9-11(3)15/h10-12,15H,5-9H2,1-4H3/t11-,12?,14?/m0/s1. The average molecular weight is 242 g/mol. The third kappa shape index (κ3) is 4.66. The van der Waals surface area contributed by atoms with E-state index in [1.165, 1.54) is 0 Å². The summed E-state index contributed by atoms with van der Waals surface area (Å²) in [6.07, 6.45) is 3.65.